The van der Waals surface area contributed by atoms with E-state index in [9.17, 15) is 9.59 Å². The number of benzene rings is 1. The summed E-state index contributed by atoms with van der Waals surface area (Å²) in [6.45, 7) is 2.45. The van der Waals surface area contributed by atoms with Crippen molar-refractivity contribution in [2.24, 2.45) is 0 Å². The fraction of sp³-hybridized carbons (Fsp3) is 0.333. The van der Waals surface area contributed by atoms with Crippen LogP contribution in [0.3, 0.4) is 0 Å². The summed E-state index contributed by atoms with van der Waals surface area (Å²) in [6.07, 6.45) is 0. The predicted octanol–water partition coefficient (Wildman–Crippen LogP) is 1.04. The van der Waals surface area contributed by atoms with Crippen molar-refractivity contribution < 1.29 is 28.4 Å². The molecule has 0 saturated carbocycles. The van der Waals surface area contributed by atoms with E-state index in [-0.39, 0.29) is 12.5 Å². The zero-order valence-corrected chi connectivity index (χ0v) is 14.8. The van der Waals surface area contributed by atoms with Gasteiger partial charge in [0.15, 0.2) is 12.3 Å². The molecule has 0 aliphatic carbocycles. The normalized spacial score (nSPS) is 11.7. The van der Waals surface area contributed by atoms with Gasteiger partial charge in [-0.25, -0.2) is 4.79 Å². The Hall–Kier alpha value is -2.80. The van der Waals surface area contributed by atoms with Crippen LogP contribution in [-0.2, 0) is 16.1 Å². The van der Waals surface area contributed by atoms with Crippen LogP contribution in [0.25, 0.3) is 0 Å². The molecule has 25 heavy (non-hydrogen) atoms. The summed E-state index contributed by atoms with van der Waals surface area (Å²) in [7, 11) is 4.80. The summed E-state index contributed by atoms with van der Waals surface area (Å²) in [5.74, 6) is 1.34. The van der Waals surface area contributed by atoms with Crippen LogP contribution in [0, 0.1) is 6.92 Å². The van der Waals surface area contributed by atoms with Crippen molar-refractivity contribution in [2.75, 3.05) is 33.1 Å². The number of likely N-dealkylation sites (N-methyl/N-ethyl adjacent to an activating group) is 1. The van der Waals surface area contributed by atoms with Crippen LogP contribution in [0.2, 0.25) is 0 Å². The first kappa shape index (κ1) is 18.5. The minimum atomic E-state index is -0.428. The van der Waals surface area contributed by atoms with E-state index in [1.165, 1.54) is 7.11 Å². The topological polar surface area (TPSA) is 82.2 Å². The van der Waals surface area contributed by atoms with E-state index < -0.39 is 5.97 Å². The zero-order chi connectivity index (χ0) is 18.4. The molecule has 0 spiro atoms. The lowest BCUT2D eigenvalue weighted by Gasteiger charge is -2.12. The Balaban J connectivity index is 1.89. The number of quaternary nitrogens is 1. The maximum Gasteiger partial charge on any atom is 0.341 e. The number of methoxy groups -OCH3 is 2. The smallest absolute Gasteiger partial charge is 0.341 e. The Kier molecular flexibility index (Phi) is 6.19. The molecule has 0 aliphatic rings. The molecule has 1 aromatic carbocycles. The Morgan fingerprint density at radius 1 is 1.20 bits per heavy atom. The van der Waals surface area contributed by atoms with Gasteiger partial charge in [-0.05, 0) is 31.2 Å². The lowest BCUT2D eigenvalue weighted by molar-refractivity contribution is -0.886. The highest BCUT2D eigenvalue weighted by Gasteiger charge is 2.18. The van der Waals surface area contributed by atoms with Gasteiger partial charge in [0.2, 0.25) is 0 Å². The fourth-order valence-electron chi connectivity index (χ4n) is 2.46. The number of amides is 1. The van der Waals surface area contributed by atoms with E-state index in [2.05, 4.69) is 5.32 Å². The Morgan fingerprint density at radius 3 is 2.48 bits per heavy atom. The van der Waals surface area contributed by atoms with Gasteiger partial charge in [-0.3, -0.25) is 4.79 Å². The molecule has 1 amide bonds. The van der Waals surface area contributed by atoms with Crippen molar-refractivity contribution in [3.05, 3.63) is 47.4 Å². The lowest BCUT2D eigenvalue weighted by atomic mass is 10.2. The average molecular weight is 347 g/mol. The van der Waals surface area contributed by atoms with Crippen molar-refractivity contribution in [3.63, 3.8) is 0 Å². The minimum Gasteiger partial charge on any atom is -0.497 e. The molecule has 0 radical (unpaired) electrons. The number of hydrogen-bond acceptors (Lipinski definition) is 5. The highest BCUT2D eigenvalue weighted by atomic mass is 16.5. The average Bonchev–Trinajstić information content (AvgIpc) is 2.94. The van der Waals surface area contributed by atoms with E-state index >= 15 is 0 Å². The second-order valence-electron chi connectivity index (χ2n) is 5.76. The molecule has 0 aliphatic heterocycles. The first-order valence-corrected chi connectivity index (χ1v) is 7.85. The molecule has 7 heteroatoms. The number of nitrogens with one attached hydrogen (secondary N) is 2. The van der Waals surface area contributed by atoms with Gasteiger partial charge in [-0.2, -0.15) is 0 Å². The molecule has 1 aromatic heterocycles. The molecule has 1 atom stereocenters. The van der Waals surface area contributed by atoms with Crippen LogP contribution < -0.4 is 15.0 Å². The Bertz CT molecular complexity index is 736. The lowest BCUT2D eigenvalue weighted by Crippen LogP contribution is -3.08. The molecule has 0 bridgehead atoms. The van der Waals surface area contributed by atoms with Crippen LogP contribution in [-0.4, -0.2) is 39.7 Å². The van der Waals surface area contributed by atoms with Crippen molar-refractivity contribution >= 4 is 17.6 Å². The van der Waals surface area contributed by atoms with Gasteiger partial charge in [0, 0.05) is 11.8 Å². The number of anilines is 1. The second-order valence-corrected chi connectivity index (χ2v) is 5.76. The van der Waals surface area contributed by atoms with Gasteiger partial charge in [-0.15, -0.1) is 0 Å². The van der Waals surface area contributed by atoms with Gasteiger partial charge in [0.25, 0.3) is 5.91 Å². The first-order chi connectivity index (χ1) is 11.9. The minimum absolute atomic E-state index is 0.112. The van der Waals surface area contributed by atoms with Crippen LogP contribution in [0.1, 0.15) is 21.9 Å². The van der Waals surface area contributed by atoms with E-state index in [0.717, 1.165) is 10.6 Å². The van der Waals surface area contributed by atoms with Gasteiger partial charge in [0.05, 0.1) is 21.3 Å². The highest BCUT2D eigenvalue weighted by molar-refractivity contribution is 5.91. The fourth-order valence-corrected chi connectivity index (χ4v) is 2.46. The summed E-state index contributed by atoms with van der Waals surface area (Å²) in [6, 6.07) is 8.79. The molecular formula is C18H23N2O5+. The summed E-state index contributed by atoms with van der Waals surface area (Å²) in [5.41, 5.74) is 1.12. The molecular weight excluding hydrogens is 324 g/mol. The SMILES string of the molecule is COC(=O)c1cc(C[NH+](C)CC(=O)Nc2ccc(OC)cc2)oc1C. The summed E-state index contributed by atoms with van der Waals surface area (Å²) < 4.78 is 15.4. The Morgan fingerprint density at radius 2 is 1.88 bits per heavy atom. The van der Waals surface area contributed by atoms with Gasteiger partial charge in [0.1, 0.15) is 23.6 Å². The van der Waals surface area contributed by atoms with Crippen molar-refractivity contribution in [2.45, 2.75) is 13.5 Å². The maximum absolute atomic E-state index is 12.1. The van der Waals surface area contributed by atoms with Crippen molar-refractivity contribution in [3.8, 4) is 5.75 Å². The van der Waals surface area contributed by atoms with E-state index in [0.29, 0.717) is 29.3 Å². The molecule has 2 aromatic rings. The molecule has 7 nitrogen and oxygen atoms in total. The molecule has 0 saturated heterocycles. The van der Waals surface area contributed by atoms with Crippen LogP contribution in [0.15, 0.2) is 34.7 Å². The third kappa shape index (κ3) is 5.09. The van der Waals surface area contributed by atoms with Crippen LogP contribution in [0.4, 0.5) is 5.69 Å². The number of carbonyl (C=O) groups excluding carboxylic acids is 2. The van der Waals surface area contributed by atoms with E-state index in [4.69, 9.17) is 13.9 Å². The predicted molar refractivity (Wildman–Crippen MR) is 91.9 cm³/mol. The van der Waals surface area contributed by atoms with Crippen molar-refractivity contribution in [1.29, 1.82) is 0 Å². The number of furan rings is 1. The number of esters is 1. The van der Waals surface area contributed by atoms with Crippen molar-refractivity contribution in [1.82, 2.24) is 0 Å². The molecule has 1 heterocycles. The first-order valence-electron chi connectivity index (χ1n) is 7.85. The molecule has 2 rings (SSSR count). The summed E-state index contributed by atoms with van der Waals surface area (Å²) in [4.78, 5) is 24.7. The van der Waals surface area contributed by atoms with Crippen LogP contribution in [0.5, 0.6) is 5.75 Å². The number of hydrogen-bond donors (Lipinski definition) is 2. The quantitative estimate of drug-likeness (QED) is 0.731. The number of carbonyl (C=O) groups is 2. The van der Waals surface area contributed by atoms with Gasteiger partial charge >= 0.3 is 5.97 Å². The third-order valence-electron chi connectivity index (χ3n) is 3.69. The molecule has 0 fully saturated rings. The number of ether oxygens (including phenoxy) is 2. The van der Waals surface area contributed by atoms with Crippen LogP contribution >= 0.6 is 0 Å². The largest absolute Gasteiger partial charge is 0.497 e. The Labute approximate surface area is 146 Å². The number of rotatable bonds is 7. The van der Waals surface area contributed by atoms with E-state index in [1.54, 1.807) is 44.4 Å². The second kappa shape index (κ2) is 8.34. The summed E-state index contributed by atoms with van der Waals surface area (Å²) in [5, 5.41) is 2.83. The van der Waals surface area contributed by atoms with Gasteiger partial charge in [-0.1, -0.05) is 0 Å². The van der Waals surface area contributed by atoms with E-state index in [1.807, 2.05) is 7.05 Å². The van der Waals surface area contributed by atoms with Gasteiger partial charge < -0.3 is 24.1 Å². The molecule has 134 valence electrons. The third-order valence-corrected chi connectivity index (χ3v) is 3.69. The number of aryl methyl sites for hydroxylation is 1. The summed E-state index contributed by atoms with van der Waals surface area (Å²) >= 11 is 0. The monoisotopic (exact) mass is 347 g/mol. The molecule has 1 unspecified atom stereocenters. The highest BCUT2D eigenvalue weighted by Crippen LogP contribution is 2.15. The zero-order valence-electron chi connectivity index (χ0n) is 14.8. The molecule has 2 N–H and O–H groups in total. The standard InChI is InChI=1S/C18H22N2O5/c1-12-16(18(22)24-4)9-15(25-12)10-20(2)11-17(21)19-13-5-7-14(23-3)8-6-13/h5-9H,10-11H2,1-4H3,(H,19,21)/p+1. The maximum atomic E-state index is 12.1.